The topological polar surface area (TPSA) is 68.5 Å². The molecule has 1 aromatic heterocycles. The maximum absolute atomic E-state index is 13.0. The van der Waals surface area contributed by atoms with E-state index in [2.05, 4.69) is 21.2 Å². The van der Waals surface area contributed by atoms with Crippen molar-refractivity contribution in [3.63, 3.8) is 0 Å². The van der Waals surface area contributed by atoms with Crippen LogP contribution >= 0.6 is 27.5 Å². The van der Waals surface area contributed by atoms with E-state index in [1.807, 2.05) is 6.07 Å². The summed E-state index contributed by atoms with van der Waals surface area (Å²) in [5, 5.41) is 3.98. The maximum atomic E-state index is 13.0. The lowest BCUT2D eigenvalue weighted by Crippen LogP contribution is -2.21. The largest absolute Gasteiger partial charge is 0.484 e. The van der Waals surface area contributed by atoms with Gasteiger partial charge in [0, 0.05) is 20.4 Å². The van der Waals surface area contributed by atoms with Gasteiger partial charge in [0.15, 0.2) is 12.4 Å². The van der Waals surface area contributed by atoms with Crippen molar-refractivity contribution in [2.75, 3.05) is 11.9 Å². The molecular weight excluding hydrogens is 470 g/mol. The van der Waals surface area contributed by atoms with Crippen molar-refractivity contribution in [3.05, 3.63) is 93.6 Å². The Morgan fingerprint density at radius 3 is 2.40 bits per heavy atom. The summed E-state index contributed by atoms with van der Waals surface area (Å²) < 4.78 is 12.1. The summed E-state index contributed by atoms with van der Waals surface area (Å²) in [6.45, 7) is -0.229. The number of nitrogens with one attached hydrogen (secondary N) is 1. The minimum absolute atomic E-state index is 0.0679. The average Bonchev–Trinajstić information content (AvgIpc) is 3.12. The van der Waals surface area contributed by atoms with E-state index < -0.39 is 5.91 Å². The quantitative estimate of drug-likeness (QED) is 0.336. The number of hydrogen-bond acceptors (Lipinski definition) is 4. The normalized spacial score (nSPS) is 10.7. The van der Waals surface area contributed by atoms with Crippen LogP contribution in [0.15, 0.2) is 81.7 Å². The second-order valence-electron chi connectivity index (χ2n) is 6.43. The van der Waals surface area contributed by atoms with E-state index in [1.165, 1.54) is 0 Å². The Bertz CT molecular complexity index is 1220. The first-order valence-electron chi connectivity index (χ1n) is 9.01. The van der Waals surface area contributed by atoms with Gasteiger partial charge in [0.1, 0.15) is 11.3 Å². The second kappa shape index (κ2) is 8.73. The fraction of sp³-hybridized carbons (Fsp3) is 0.0435. The highest BCUT2D eigenvalue weighted by molar-refractivity contribution is 9.10. The highest BCUT2D eigenvalue weighted by Gasteiger charge is 2.23. The van der Waals surface area contributed by atoms with Crippen LogP contribution in [0.3, 0.4) is 0 Å². The molecule has 0 radical (unpaired) electrons. The van der Waals surface area contributed by atoms with Gasteiger partial charge in [-0.3, -0.25) is 9.59 Å². The molecular formula is C23H15BrClNO4. The summed E-state index contributed by atoms with van der Waals surface area (Å²) in [6.07, 6.45) is 0. The molecule has 3 aromatic carbocycles. The molecule has 7 heteroatoms. The zero-order valence-electron chi connectivity index (χ0n) is 15.5. The van der Waals surface area contributed by atoms with Crippen molar-refractivity contribution < 1.29 is 18.7 Å². The SMILES string of the molecule is O=C(COc1ccc(Cl)cc1)Nc1c(C(=O)c2ccc(Br)cc2)oc2ccccc12. The fourth-order valence-corrected chi connectivity index (χ4v) is 3.31. The lowest BCUT2D eigenvalue weighted by Gasteiger charge is -2.08. The Balaban J connectivity index is 1.59. The predicted molar refractivity (Wildman–Crippen MR) is 119 cm³/mol. The molecule has 1 amide bonds. The predicted octanol–water partition coefficient (Wildman–Crippen LogP) is 6.10. The molecule has 1 N–H and O–H groups in total. The van der Waals surface area contributed by atoms with Crippen molar-refractivity contribution in [1.29, 1.82) is 0 Å². The summed E-state index contributed by atoms with van der Waals surface area (Å²) in [7, 11) is 0. The zero-order valence-corrected chi connectivity index (χ0v) is 17.9. The molecule has 0 aliphatic rings. The van der Waals surface area contributed by atoms with Crippen molar-refractivity contribution in [1.82, 2.24) is 0 Å². The van der Waals surface area contributed by atoms with Crippen molar-refractivity contribution in [3.8, 4) is 5.75 Å². The minimum atomic E-state index is -0.415. The van der Waals surface area contributed by atoms with Crippen LogP contribution in [-0.4, -0.2) is 18.3 Å². The molecule has 0 atom stereocenters. The lowest BCUT2D eigenvalue weighted by atomic mass is 10.1. The number of para-hydroxylation sites is 1. The van der Waals surface area contributed by atoms with E-state index in [0.717, 1.165) is 4.47 Å². The van der Waals surface area contributed by atoms with E-state index in [0.29, 0.717) is 33.0 Å². The summed E-state index contributed by atoms with van der Waals surface area (Å²) >= 11 is 9.20. The average molecular weight is 485 g/mol. The van der Waals surface area contributed by atoms with Crippen LogP contribution in [0.5, 0.6) is 5.75 Å². The molecule has 5 nitrogen and oxygen atoms in total. The molecule has 150 valence electrons. The van der Waals surface area contributed by atoms with Crippen molar-refractivity contribution >= 4 is 55.9 Å². The smallest absolute Gasteiger partial charge is 0.262 e. The van der Waals surface area contributed by atoms with Gasteiger partial charge in [-0.15, -0.1) is 0 Å². The van der Waals surface area contributed by atoms with Gasteiger partial charge in [0.25, 0.3) is 5.91 Å². The zero-order chi connectivity index (χ0) is 21.1. The number of furan rings is 1. The number of benzene rings is 3. The third-order valence-electron chi connectivity index (χ3n) is 4.36. The van der Waals surface area contributed by atoms with Gasteiger partial charge >= 0.3 is 0 Å². The van der Waals surface area contributed by atoms with Crippen LogP contribution in [0.25, 0.3) is 11.0 Å². The van der Waals surface area contributed by atoms with Crippen LogP contribution in [0, 0.1) is 0 Å². The monoisotopic (exact) mass is 483 g/mol. The van der Waals surface area contributed by atoms with Gasteiger partial charge in [-0.2, -0.15) is 0 Å². The van der Waals surface area contributed by atoms with E-state index in [-0.39, 0.29) is 18.2 Å². The molecule has 0 saturated heterocycles. The number of fused-ring (bicyclic) bond motifs is 1. The Morgan fingerprint density at radius 2 is 1.67 bits per heavy atom. The fourth-order valence-electron chi connectivity index (χ4n) is 2.92. The summed E-state index contributed by atoms with van der Waals surface area (Å²) in [4.78, 5) is 25.6. The standard InChI is InChI=1S/C23H15BrClNO4/c24-15-7-5-14(6-8-15)22(28)23-21(18-3-1-2-4-19(18)30-23)26-20(27)13-29-17-11-9-16(25)10-12-17/h1-12H,13H2,(H,26,27). The van der Waals surface area contributed by atoms with Crippen LogP contribution in [0.2, 0.25) is 5.02 Å². The van der Waals surface area contributed by atoms with Gasteiger partial charge in [-0.25, -0.2) is 0 Å². The molecule has 4 aromatic rings. The molecule has 4 rings (SSSR count). The van der Waals surface area contributed by atoms with E-state index in [1.54, 1.807) is 66.7 Å². The Labute approximate surface area is 185 Å². The molecule has 0 saturated carbocycles. The first-order chi connectivity index (χ1) is 14.5. The van der Waals surface area contributed by atoms with Gasteiger partial charge in [0.05, 0.1) is 5.69 Å². The maximum Gasteiger partial charge on any atom is 0.262 e. The first kappa shape index (κ1) is 20.2. The Kier molecular flexibility index (Phi) is 5.88. The van der Waals surface area contributed by atoms with Crippen LogP contribution in [0.1, 0.15) is 16.1 Å². The highest BCUT2D eigenvalue weighted by atomic mass is 79.9. The minimum Gasteiger partial charge on any atom is -0.484 e. The Morgan fingerprint density at radius 1 is 0.967 bits per heavy atom. The number of rotatable bonds is 6. The molecule has 30 heavy (non-hydrogen) atoms. The number of ketones is 1. The summed E-state index contributed by atoms with van der Waals surface area (Å²) in [5.41, 5.74) is 1.28. The third-order valence-corrected chi connectivity index (χ3v) is 5.14. The highest BCUT2D eigenvalue weighted by Crippen LogP contribution is 2.32. The van der Waals surface area contributed by atoms with Crippen LogP contribution < -0.4 is 10.1 Å². The number of amides is 1. The second-order valence-corrected chi connectivity index (χ2v) is 7.78. The molecule has 1 heterocycles. The van der Waals surface area contributed by atoms with Gasteiger partial charge in [-0.05, 0) is 60.7 Å². The van der Waals surface area contributed by atoms with E-state index in [4.69, 9.17) is 20.8 Å². The molecule has 0 bridgehead atoms. The van der Waals surface area contributed by atoms with E-state index in [9.17, 15) is 9.59 Å². The molecule has 0 fully saturated rings. The number of halogens is 2. The first-order valence-corrected chi connectivity index (χ1v) is 10.2. The number of hydrogen-bond donors (Lipinski definition) is 1. The number of carbonyl (C=O) groups excluding carboxylic acids is 2. The number of ether oxygens (including phenoxy) is 1. The third kappa shape index (κ3) is 4.40. The summed E-state index contributed by atoms with van der Waals surface area (Å²) in [6, 6.07) is 20.8. The number of anilines is 1. The summed E-state index contributed by atoms with van der Waals surface area (Å²) in [5.74, 6) is -0.162. The number of carbonyl (C=O) groups is 2. The van der Waals surface area contributed by atoms with Gasteiger partial charge in [-0.1, -0.05) is 39.7 Å². The van der Waals surface area contributed by atoms with Crippen LogP contribution in [-0.2, 0) is 4.79 Å². The lowest BCUT2D eigenvalue weighted by molar-refractivity contribution is -0.118. The van der Waals surface area contributed by atoms with Gasteiger partial charge < -0.3 is 14.5 Å². The molecule has 0 aliphatic heterocycles. The van der Waals surface area contributed by atoms with Crippen molar-refractivity contribution in [2.24, 2.45) is 0 Å². The molecule has 0 aliphatic carbocycles. The molecule has 0 unspecified atom stereocenters. The van der Waals surface area contributed by atoms with E-state index >= 15 is 0 Å². The molecule has 0 spiro atoms. The Hall–Kier alpha value is -3.09. The van der Waals surface area contributed by atoms with Crippen molar-refractivity contribution in [2.45, 2.75) is 0 Å². The van der Waals surface area contributed by atoms with Crippen LogP contribution in [0.4, 0.5) is 5.69 Å². The van der Waals surface area contributed by atoms with Gasteiger partial charge in [0.2, 0.25) is 5.78 Å².